The Balaban J connectivity index is 0.00000276. The van der Waals surface area contributed by atoms with Gasteiger partial charge in [-0.3, -0.25) is 4.79 Å². The lowest BCUT2D eigenvalue weighted by Crippen LogP contribution is -2.36. The molecule has 2 heterocycles. The van der Waals surface area contributed by atoms with Crippen molar-refractivity contribution in [3.63, 3.8) is 0 Å². The molecule has 0 saturated heterocycles. The molecule has 9 nitrogen and oxygen atoms in total. The molecule has 0 radical (unpaired) electrons. The second-order valence-electron chi connectivity index (χ2n) is 13.1. The van der Waals surface area contributed by atoms with E-state index in [4.69, 9.17) is 14.6 Å². The number of rotatable bonds is 11. The highest BCUT2D eigenvalue weighted by Gasteiger charge is 2.32. The Morgan fingerprint density at radius 2 is 1.60 bits per heavy atom. The average molecular weight is 682 g/mol. The van der Waals surface area contributed by atoms with E-state index in [-0.39, 0.29) is 30.4 Å². The third-order valence-corrected chi connectivity index (χ3v) is 8.37. The zero-order valence-corrected chi connectivity index (χ0v) is 30.5. The predicted molar refractivity (Wildman–Crippen MR) is 196 cm³/mol. The number of aliphatic hydroxyl groups excluding tert-OH is 1. The molecule has 1 aromatic heterocycles. The molecule has 0 spiro atoms. The number of carbonyl (C=O) groups is 3. The van der Waals surface area contributed by atoms with Crippen LogP contribution in [0.4, 0.5) is 0 Å². The van der Waals surface area contributed by atoms with Gasteiger partial charge in [-0.25, -0.2) is 14.3 Å². The van der Waals surface area contributed by atoms with E-state index < -0.39 is 17.5 Å². The van der Waals surface area contributed by atoms with Crippen molar-refractivity contribution in [1.29, 1.82) is 0 Å². The fraction of sp³-hybridized carbons (Fsp3) is 0.415. The van der Waals surface area contributed by atoms with Gasteiger partial charge in [0.15, 0.2) is 5.69 Å². The summed E-state index contributed by atoms with van der Waals surface area (Å²) in [6, 6.07) is 20.7. The van der Waals surface area contributed by atoms with Gasteiger partial charge in [-0.15, -0.1) is 0 Å². The number of fused-ring (bicyclic) bond motifs is 1. The van der Waals surface area contributed by atoms with Crippen molar-refractivity contribution in [2.75, 3.05) is 19.8 Å². The number of amides is 1. The van der Waals surface area contributed by atoms with E-state index in [9.17, 15) is 19.5 Å². The zero-order chi connectivity index (χ0) is 36.4. The van der Waals surface area contributed by atoms with Crippen LogP contribution in [0.5, 0.6) is 0 Å². The molecule has 266 valence electrons. The van der Waals surface area contributed by atoms with Gasteiger partial charge in [0.25, 0.3) is 5.91 Å². The van der Waals surface area contributed by atoms with E-state index in [1.54, 1.807) is 55.5 Å². The molecular weight excluding hydrogens is 630 g/mol. The number of hydrogen-bond donors (Lipinski definition) is 1. The van der Waals surface area contributed by atoms with Gasteiger partial charge in [0.1, 0.15) is 5.60 Å². The third kappa shape index (κ3) is 8.87. The van der Waals surface area contributed by atoms with Crippen molar-refractivity contribution in [3.05, 3.63) is 106 Å². The number of carbonyl (C=O) groups excluding carboxylic acids is 3. The van der Waals surface area contributed by atoms with Crippen LogP contribution >= 0.6 is 0 Å². The second-order valence-corrected chi connectivity index (χ2v) is 13.1. The fourth-order valence-corrected chi connectivity index (χ4v) is 6.04. The Bertz CT molecular complexity index is 1780. The van der Waals surface area contributed by atoms with Crippen LogP contribution in [0.1, 0.15) is 115 Å². The van der Waals surface area contributed by atoms with Crippen LogP contribution in [0, 0.1) is 0 Å². The number of aliphatic hydroxyl groups is 1. The van der Waals surface area contributed by atoms with Crippen molar-refractivity contribution in [3.8, 4) is 16.8 Å². The standard InChI is InChI=1S/C39H45N3O6.C2H6/c1-6-8-13-33-34(35(38(46)47-7-2)40-42(33)30-17-14-26(15-18-30)21-23-43)31-19-16-28(37(45)48-39(3,4)5)24-32(31)36(44)41-22-20-27-11-9-10-12-29(27)25-41;1-2/h9-12,14-19,24,43H,6-8,13,20-23,25H2,1-5H3;1-2H3. The minimum Gasteiger partial charge on any atom is -0.461 e. The SMILES string of the molecule is CC.CCCCc1c(-c2ccc(C(=O)OC(C)(C)C)cc2C(=O)N2CCc3ccccc3C2)c(C(=O)OCC)nn1-c1ccc(CCO)cc1. The van der Waals surface area contributed by atoms with E-state index >= 15 is 0 Å². The molecule has 0 unspecified atom stereocenters. The van der Waals surface area contributed by atoms with Crippen LogP contribution in [0.25, 0.3) is 16.8 Å². The first-order chi connectivity index (χ1) is 24.0. The van der Waals surface area contributed by atoms with Crippen LogP contribution < -0.4 is 0 Å². The second kappa shape index (κ2) is 17.3. The molecule has 1 amide bonds. The maximum absolute atomic E-state index is 14.6. The quantitative estimate of drug-likeness (QED) is 0.161. The summed E-state index contributed by atoms with van der Waals surface area (Å²) in [7, 11) is 0. The van der Waals surface area contributed by atoms with Gasteiger partial charge >= 0.3 is 11.9 Å². The summed E-state index contributed by atoms with van der Waals surface area (Å²) in [4.78, 5) is 43.3. The van der Waals surface area contributed by atoms with Gasteiger partial charge in [-0.2, -0.15) is 5.10 Å². The Kier molecular flexibility index (Phi) is 13.1. The molecule has 0 aliphatic carbocycles. The van der Waals surface area contributed by atoms with Crippen molar-refractivity contribution >= 4 is 17.8 Å². The van der Waals surface area contributed by atoms with Gasteiger partial charge in [0, 0.05) is 30.8 Å². The lowest BCUT2D eigenvalue weighted by atomic mass is 9.92. The van der Waals surface area contributed by atoms with Crippen molar-refractivity contribution < 1.29 is 29.0 Å². The molecule has 0 fully saturated rings. The van der Waals surface area contributed by atoms with Crippen LogP contribution in [0.2, 0.25) is 0 Å². The van der Waals surface area contributed by atoms with Gasteiger partial charge in [0.2, 0.25) is 0 Å². The van der Waals surface area contributed by atoms with Crippen LogP contribution in [-0.2, 0) is 35.3 Å². The highest BCUT2D eigenvalue weighted by molar-refractivity contribution is 6.07. The van der Waals surface area contributed by atoms with E-state index in [1.807, 2.05) is 56.3 Å². The average Bonchev–Trinajstić information content (AvgIpc) is 3.50. The largest absolute Gasteiger partial charge is 0.461 e. The third-order valence-electron chi connectivity index (χ3n) is 8.37. The first kappa shape index (κ1) is 38.0. The molecule has 50 heavy (non-hydrogen) atoms. The normalized spacial score (nSPS) is 12.4. The molecule has 9 heteroatoms. The van der Waals surface area contributed by atoms with Crippen molar-refractivity contribution in [2.24, 2.45) is 0 Å². The molecule has 0 saturated carbocycles. The number of ether oxygens (including phenoxy) is 2. The maximum atomic E-state index is 14.6. The first-order valence-electron chi connectivity index (χ1n) is 17.8. The summed E-state index contributed by atoms with van der Waals surface area (Å²) >= 11 is 0. The Hall–Kier alpha value is -4.76. The number of hydrogen-bond acceptors (Lipinski definition) is 7. The molecule has 4 aromatic rings. The van der Waals surface area contributed by atoms with E-state index in [0.717, 1.165) is 35.3 Å². The van der Waals surface area contributed by atoms with E-state index in [1.165, 1.54) is 5.56 Å². The maximum Gasteiger partial charge on any atom is 0.359 e. The minimum absolute atomic E-state index is 0.0404. The summed E-state index contributed by atoms with van der Waals surface area (Å²) in [6.07, 6.45) is 3.52. The molecule has 3 aromatic carbocycles. The molecule has 1 N–H and O–H groups in total. The molecule has 1 aliphatic heterocycles. The monoisotopic (exact) mass is 681 g/mol. The summed E-state index contributed by atoms with van der Waals surface area (Å²) in [5.41, 5.74) is 5.69. The first-order valence-corrected chi connectivity index (χ1v) is 17.8. The number of unbranched alkanes of at least 4 members (excludes halogenated alkanes) is 1. The van der Waals surface area contributed by atoms with Gasteiger partial charge < -0.3 is 19.5 Å². The highest BCUT2D eigenvalue weighted by Crippen LogP contribution is 2.36. The predicted octanol–water partition coefficient (Wildman–Crippen LogP) is 7.77. The van der Waals surface area contributed by atoms with E-state index in [0.29, 0.717) is 49.0 Å². The van der Waals surface area contributed by atoms with Gasteiger partial charge in [0.05, 0.1) is 23.6 Å². The number of aromatic nitrogens is 2. The Labute approximate surface area is 296 Å². The molecule has 0 bridgehead atoms. The lowest BCUT2D eigenvalue weighted by Gasteiger charge is -2.30. The highest BCUT2D eigenvalue weighted by atomic mass is 16.6. The molecule has 0 atom stereocenters. The number of benzene rings is 3. The van der Waals surface area contributed by atoms with Crippen LogP contribution in [-0.4, -0.2) is 63.0 Å². The van der Waals surface area contributed by atoms with Crippen molar-refractivity contribution in [1.82, 2.24) is 14.7 Å². The van der Waals surface area contributed by atoms with E-state index in [2.05, 4.69) is 13.0 Å². The number of nitrogens with zero attached hydrogens (tertiary/aromatic N) is 3. The molecular formula is C41H51N3O6. The van der Waals surface area contributed by atoms with Crippen LogP contribution in [0.3, 0.4) is 0 Å². The minimum atomic E-state index is -0.727. The summed E-state index contributed by atoms with van der Waals surface area (Å²) in [5.74, 6) is -1.38. The molecule has 1 aliphatic rings. The summed E-state index contributed by atoms with van der Waals surface area (Å²) in [6.45, 7) is 14.4. The number of esters is 2. The van der Waals surface area contributed by atoms with Gasteiger partial charge in [-0.1, -0.05) is 69.7 Å². The topological polar surface area (TPSA) is 111 Å². The Morgan fingerprint density at radius 1 is 0.900 bits per heavy atom. The van der Waals surface area contributed by atoms with Crippen LogP contribution in [0.15, 0.2) is 66.7 Å². The smallest absolute Gasteiger partial charge is 0.359 e. The lowest BCUT2D eigenvalue weighted by molar-refractivity contribution is 0.00692. The summed E-state index contributed by atoms with van der Waals surface area (Å²) < 4.78 is 13.0. The fourth-order valence-electron chi connectivity index (χ4n) is 6.04. The molecule has 5 rings (SSSR count). The van der Waals surface area contributed by atoms with Crippen molar-refractivity contribution in [2.45, 2.75) is 92.7 Å². The summed E-state index contributed by atoms with van der Waals surface area (Å²) in [5, 5.41) is 14.2. The zero-order valence-electron chi connectivity index (χ0n) is 30.5. The van der Waals surface area contributed by atoms with Gasteiger partial charge in [-0.05, 0) is 99.9 Å². The Morgan fingerprint density at radius 3 is 2.24 bits per heavy atom.